The summed E-state index contributed by atoms with van der Waals surface area (Å²) in [6.45, 7) is -1.24. The first-order chi connectivity index (χ1) is 13.9. The molecule has 0 bridgehead atoms. The number of carbonyl (C=O) groups excluding carboxylic acids is 1. The lowest BCUT2D eigenvalue weighted by atomic mass is 9.93. The van der Waals surface area contributed by atoms with Gasteiger partial charge in [0.2, 0.25) is 0 Å². The molecule has 154 valence electrons. The fraction of sp³-hybridized carbons (Fsp3) is 0.444. The van der Waals surface area contributed by atoms with Gasteiger partial charge in [0.25, 0.3) is 5.91 Å². The molecule has 0 radical (unpaired) electrons. The second-order valence-corrected chi connectivity index (χ2v) is 7.01. The topological polar surface area (TPSA) is 97.7 Å². The molecule has 3 heterocycles. The molecule has 1 saturated carbocycles. The monoisotopic (exact) mass is 408 g/mol. The quantitative estimate of drug-likeness (QED) is 0.677. The highest BCUT2D eigenvalue weighted by Crippen LogP contribution is 2.25. The largest absolute Gasteiger partial charge is 0.411 e. The molecule has 3 aromatic rings. The van der Waals surface area contributed by atoms with Crippen molar-refractivity contribution in [3.05, 3.63) is 36.7 Å². The van der Waals surface area contributed by atoms with Crippen molar-refractivity contribution in [3.63, 3.8) is 0 Å². The van der Waals surface area contributed by atoms with Crippen molar-refractivity contribution in [1.82, 2.24) is 30.0 Å². The lowest BCUT2D eigenvalue weighted by Crippen LogP contribution is -2.40. The number of fused-ring (bicyclic) bond motifs is 1. The number of alkyl halides is 3. The third-order valence-electron chi connectivity index (χ3n) is 4.89. The highest BCUT2D eigenvalue weighted by molar-refractivity contribution is 6.04. The molecule has 8 nitrogen and oxygen atoms in total. The number of pyridine rings is 1. The molecule has 1 aliphatic rings. The molecule has 29 heavy (non-hydrogen) atoms. The van der Waals surface area contributed by atoms with Crippen LogP contribution in [0.5, 0.6) is 0 Å². The summed E-state index contributed by atoms with van der Waals surface area (Å²) in [4.78, 5) is 21.3. The SMILES string of the molecule is O=C(N[C@H]1CC[C@H](OCC(F)(F)F)CC1)c1nc(-n2ccnc2)cc2cn[nH]c12. The van der Waals surface area contributed by atoms with Crippen LogP contribution in [0.25, 0.3) is 16.7 Å². The first-order valence-electron chi connectivity index (χ1n) is 9.21. The standard InChI is InChI=1S/C18H19F3N6O2/c19-18(20,21)9-29-13-3-1-12(2-4-13)24-17(28)16-15-11(8-23-26-15)7-14(25-16)27-6-5-22-10-27/h5-8,10,12-13H,1-4,9H2,(H,23,26)(H,24,28)/t12-,13-. The summed E-state index contributed by atoms with van der Waals surface area (Å²) in [7, 11) is 0. The van der Waals surface area contributed by atoms with Crippen LogP contribution < -0.4 is 5.32 Å². The minimum atomic E-state index is -4.33. The number of nitrogens with zero attached hydrogens (tertiary/aromatic N) is 4. The van der Waals surface area contributed by atoms with E-state index in [-0.39, 0.29) is 17.6 Å². The number of aromatic amines is 1. The molecule has 0 aromatic carbocycles. The van der Waals surface area contributed by atoms with E-state index in [9.17, 15) is 18.0 Å². The maximum absolute atomic E-state index is 12.9. The van der Waals surface area contributed by atoms with Crippen molar-refractivity contribution in [1.29, 1.82) is 0 Å². The summed E-state index contributed by atoms with van der Waals surface area (Å²) in [6.07, 6.45) is 3.77. The number of amides is 1. The molecule has 0 atom stereocenters. The summed E-state index contributed by atoms with van der Waals surface area (Å²) in [6, 6.07) is 1.64. The van der Waals surface area contributed by atoms with Gasteiger partial charge in [0.15, 0.2) is 5.69 Å². The number of hydrogen-bond acceptors (Lipinski definition) is 5. The van der Waals surface area contributed by atoms with Crippen LogP contribution in [0.2, 0.25) is 0 Å². The molecule has 0 spiro atoms. The molecule has 2 N–H and O–H groups in total. The Morgan fingerprint density at radius 3 is 2.79 bits per heavy atom. The van der Waals surface area contributed by atoms with Gasteiger partial charge in [-0.15, -0.1) is 0 Å². The Balaban J connectivity index is 1.43. The second-order valence-electron chi connectivity index (χ2n) is 7.01. The van der Waals surface area contributed by atoms with E-state index in [1.165, 1.54) is 0 Å². The molecule has 11 heteroatoms. The number of imidazole rings is 1. The van der Waals surface area contributed by atoms with Crippen LogP contribution in [0, 0.1) is 0 Å². The van der Waals surface area contributed by atoms with E-state index in [2.05, 4.69) is 25.5 Å². The molecular formula is C18H19F3N6O2. The zero-order valence-corrected chi connectivity index (χ0v) is 15.3. The number of aromatic nitrogens is 5. The van der Waals surface area contributed by atoms with Gasteiger partial charge in [-0.3, -0.25) is 14.5 Å². The first-order valence-corrected chi connectivity index (χ1v) is 9.21. The van der Waals surface area contributed by atoms with E-state index in [1.807, 2.05) is 0 Å². The lowest BCUT2D eigenvalue weighted by molar-refractivity contribution is -0.188. The van der Waals surface area contributed by atoms with Crippen LogP contribution >= 0.6 is 0 Å². The molecule has 3 aromatic heterocycles. The Morgan fingerprint density at radius 1 is 1.31 bits per heavy atom. The predicted molar refractivity (Wildman–Crippen MR) is 96.5 cm³/mol. The Hall–Kier alpha value is -2.95. The molecular weight excluding hydrogens is 389 g/mol. The third-order valence-corrected chi connectivity index (χ3v) is 4.89. The molecule has 1 amide bonds. The van der Waals surface area contributed by atoms with Crippen LogP contribution in [0.15, 0.2) is 31.0 Å². The zero-order valence-electron chi connectivity index (χ0n) is 15.3. The van der Waals surface area contributed by atoms with Gasteiger partial charge in [0.1, 0.15) is 18.8 Å². The molecule has 0 aliphatic heterocycles. The van der Waals surface area contributed by atoms with Crippen molar-refractivity contribution in [3.8, 4) is 5.82 Å². The van der Waals surface area contributed by atoms with E-state index in [0.29, 0.717) is 37.0 Å². The van der Waals surface area contributed by atoms with Crippen LogP contribution in [-0.4, -0.2) is 55.6 Å². The van der Waals surface area contributed by atoms with Crippen LogP contribution in [0.1, 0.15) is 36.2 Å². The first kappa shape index (κ1) is 19.4. The summed E-state index contributed by atoms with van der Waals surface area (Å²) in [5.41, 5.74) is 0.729. The molecule has 1 aliphatic carbocycles. The smallest absolute Gasteiger partial charge is 0.369 e. The van der Waals surface area contributed by atoms with E-state index in [4.69, 9.17) is 4.74 Å². The van der Waals surface area contributed by atoms with Gasteiger partial charge in [0.05, 0.1) is 17.8 Å². The highest BCUT2D eigenvalue weighted by Gasteiger charge is 2.31. The molecule has 0 unspecified atom stereocenters. The van der Waals surface area contributed by atoms with E-state index in [1.54, 1.807) is 35.6 Å². The fourth-order valence-corrected chi connectivity index (χ4v) is 3.47. The number of ether oxygens (including phenoxy) is 1. The van der Waals surface area contributed by atoms with Gasteiger partial charge in [0, 0.05) is 23.8 Å². The Bertz CT molecular complexity index is 977. The van der Waals surface area contributed by atoms with Crippen LogP contribution in [0.4, 0.5) is 13.2 Å². The van der Waals surface area contributed by atoms with E-state index >= 15 is 0 Å². The summed E-state index contributed by atoms with van der Waals surface area (Å²) < 4.78 is 43.4. The fourth-order valence-electron chi connectivity index (χ4n) is 3.47. The number of rotatable bonds is 5. The summed E-state index contributed by atoms with van der Waals surface area (Å²) in [5, 5.41) is 10.4. The minimum Gasteiger partial charge on any atom is -0.369 e. The number of carbonyl (C=O) groups is 1. The number of nitrogens with one attached hydrogen (secondary N) is 2. The third kappa shape index (κ3) is 4.56. The van der Waals surface area contributed by atoms with E-state index in [0.717, 1.165) is 5.39 Å². The van der Waals surface area contributed by atoms with Crippen LogP contribution in [0.3, 0.4) is 0 Å². The van der Waals surface area contributed by atoms with Crippen molar-refractivity contribution < 1.29 is 22.7 Å². The van der Waals surface area contributed by atoms with Crippen molar-refractivity contribution >= 4 is 16.8 Å². The second kappa shape index (κ2) is 7.82. The Kier molecular flexibility index (Phi) is 5.22. The van der Waals surface area contributed by atoms with Crippen molar-refractivity contribution in [2.45, 2.75) is 44.0 Å². The summed E-state index contributed by atoms with van der Waals surface area (Å²) in [5.74, 6) is 0.173. The maximum Gasteiger partial charge on any atom is 0.411 e. The van der Waals surface area contributed by atoms with Crippen molar-refractivity contribution in [2.75, 3.05) is 6.61 Å². The maximum atomic E-state index is 12.9. The Labute approximate surface area is 163 Å². The highest BCUT2D eigenvalue weighted by atomic mass is 19.4. The Morgan fingerprint density at radius 2 is 2.10 bits per heavy atom. The van der Waals surface area contributed by atoms with Gasteiger partial charge in [-0.1, -0.05) is 0 Å². The van der Waals surface area contributed by atoms with Crippen LogP contribution in [-0.2, 0) is 4.74 Å². The van der Waals surface area contributed by atoms with Gasteiger partial charge in [-0.2, -0.15) is 18.3 Å². The van der Waals surface area contributed by atoms with Gasteiger partial charge in [-0.25, -0.2) is 9.97 Å². The van der Waals surface area contributed by atoms with Gasteiger partial charge >= 0.3 is 6.18 Å². The van der Waals surface area contributed by atoms with Crippen molar-refractivity contribution in [2.24, 2.45) is 0 Å². The minimum absolute atomic E-state index is 0.148. The predicted octanol–water partition coefficient (Wildman–Crippen LogP) is 2.76. The lowest BCUT2D eigenvalue weighted by Gasteiger charge is -2.29. The molecule has 1 fully saturated rings. The van der Waals surface area contributed by atoms with E-state index < -0.39 is 18.9 Å². The molecule has 4 rings (SSSR count). The average molecular weight is 408 g/mol. The molecule has 0 saturated heterocycles. The summed E-state index contributed by atoms with van der Waals surface area (Å²) >= 11 is 0. The average Bonchev–Trinajstić information content (AvgIpc) is 3.37. The van der Waals surface area contributed by atoms with Gasteiger partial charge in [-0.05, 0) is 31.7 Å². The normalized spacial score (nSPS) is 20.1. The number of halogens is 3. The number of hydrogen-bond donors (Lipinski definition) is 2. The van der Waals surface area contributed by atoms with Gasteiger partial charge < -0.3 is 10.1 Å². The zero-order chi connectivity index (χ0) is 20.4. The number of H-pyrrole nitrogens is 1.